The highest BCUT2D eigenvalue weighted by Crippen LogP contribution is 2.37. The van der Waals surface area contributed by atoms with E-state index in [1.165, 1.54) is 12.0 Å². The number of carbonyl (C=O) groups is 5. The van der Waals surface area contributed by atoms with Crippen LogP contribution in [0.25, 0.3) is 0 Å². The highest BCUT2D eigenvalue weighted by atomic mass is 16.6. The van der Waals surface area contributed by atoms with Crippen molar-refractivity contribution in [2.45, 2.75) is 181 Å². The number of methoxy groups -OCH3 is 3. The number of fused-ring (bicyclic) bond motifs is 3. The number of allylic oxidation sites excluding steroid dienone is 6. The number of cyclic esters (lactones) is 1. The summed E-state index contributed by atoms with van der Waals surface area (Å²) in [6.45, 7) is 14.1. The Morgan fingerprint density at radius 2 is 1.56 bits per heavy atom. The molecule has 3 aliphatic heterocycles. The van der Waals surface area contributed by atoms with Gasteiger partial charge in [0.05, 0.1) is 18.3 Å². The van der Waals surface area contributed by atoms with Gasteiger partial charge in [-0.15, -0.1) is 0 Å². The molecule has 3 fully saturated rings. The number of amides is 1. The second-order valence-electron chi connectivity index (χ2n) is 19.5. The molecular weight excluding hydrogens is 803 g/mol. The fraction of sp³-hybridized carbons (Fsp3) is 0.745. The monoisotopic (exact) mass is 882 g/mol. The highest BCUT2D eigenvalue weighted by molar-refractivity contribution is 6.39. The summed E-state index contributed by atoms with van der Waals surface area (Å²) >= 11 is 0. The average Bonchev–Trinajstić information content (AvgIpc) is 3.25. The van der Waals surface area contributed by atoms with Crippen LogP contribution in [0.15, 0.2) is 47.6 Å². The Hall–Kier alpha value is -3.29. The van der Waals surface area contributed by atoms with E-state index in [1.54, 1.807) is 21.1 Å². The zero-order chi connectivity index (χ0) is 46.4. The number of Topliss-reactive ketones (excluding diaryl/α,β-unsaturated/α-hetero) is 3. The Morgan fingerprint density at radius 3 is 2.25 bits per heavy atom. The van der Waals surface area contributed by atoms with Crippen LogP contribution in [0.4, 0.5) is 0 Å². The molecule has 3 heterocycles. The van der Waals surface area contributed by atoms with E-state index in [1.807, 2.05) is 52.0 Å². The molecule has 0 aromatic carbocycles. The Kier molecular flexibility index (Phi) is 20.6. The van der Waals surface area contributed by atoms with Gasteiger partial charge in [0.15, 0.2) is 5.78 Å². The molecule has 63 heavy (non-hydrogen) atoms. The van der Waals surface area contributed by atoms with Gasteiger partial charge in [-0.25, -0.2) is 4.79 Å². The Bertz CT molecular complexity index is 1680. The number of carbonyl (C=O) groups excluding carboxylic acids is 5. The van der Waals surface area contributed by atoms with Gasteiger partial charge in [-0.05, 0) is 114 Å². The van der Waals surface area contributed by atoms with E-state index in [2.05, 4.69) is 26.0 Å². The van der Waals surface area contributed by atoms with Crippen molar-refractivity contribution in [3.05, 3.63) is 47.6 Å². The Labute approximate surface area is 377 Å². The van der Waals surface area contributed by atoms with Crippen molar-refractivity contribution < 1.29 is 52.8 Å². The molecule has 12 nitrogen and oxygen atoms in total. The quantitative estimate of drug-likeness (QED) is 0.156. The van der Waals surface area contributed by atoms with E-state index in [4.69, 9.17) is 23.7 Å². The van der Waals surface area contributed by atoms with Crippen molar-refractivity contribution in [2.75, 3.05) is 27.9 Å². The number of hydrogen-bond acceptors (Lipinski definition) is 11. The second-order valence-corrected chi connectivity index (χ2v) is 19.5. The van der Waals surface area contributed by atoms with Gasteiger partial charge in [0.25, 0.3) is 11.7 Å². The van der Waals surface area contributed by atoms with Crippen LogP contribution < -0.4 is 0 Å². The molecule has 354 valence electrons. The number of ketones is 3. The molecule has 4 rings (SSSR count). The molecule has 2 bridgehead atoms. The van der Waals surface area contributed by atoms with Crippen LogP contribution >= 0.6 is 0 Å². The minimum Gasteiger partial charge on any atom is -0.460 e. The maximum atomic E-state index is 14.3. The summed E-state index contributed by atoms with van der Waals surface area (Å²) in [4.78, 5) is 70.5. The van der Waals surface area contributed by atoms with Gasteiger partial charge in [0, 0.05) is 59.0 Å². The molecule has 1 N–H and O–H groups in total. The van der Waals surface area contributed by atoms with Crippen LogP contribution in [0.3, 0.4) is 0 Å². The molecule has 1 aliphatic carbocycles. The molecule has 1 saturated carbocycles. The number of rotatable bonds is 6. The van der Waals surface area contributed by atoms with E-state index >= 15 is 0 Å². The Balaban J connectivity index is 1.66. The van der Waals surface area contributed by atoms with E-state index in [-0.39, 0.29) is 55.0 Å². The predicted octanol–water partition coefficient (Wildman–Crippen LogP) is 8.24. The van der Waals surface area contributed by atoms with Crippen molar-refractivity contribution in [3.8, 4) is 0 Å². The SMILES string of the molecule is CO[C@@H]1C/C(C)=C/[C@@H](C)C(=O)C[C@@H]([C@H](C)C[C@@H]2CCC(=O)[C@H](OC)C2)OC(=O)[C@@H]2CCCCN2C(=O)C(=O)[C@]2(O)O[C@@H](CC[C@H]2C)C[C@H](OC)/C(C)=C/C=C/C=C\[C@@H](C)C[C@@H](C)C1. The van der Waals surface area contributed by atoms with Crippen molar-refractivity contribution in [1.29, 1.82) is 0 Å². The maximum Gasteiger partial charge on any atom is 0.329 e. The summed E-state index contributed by atoms with van der Waals surface area (Å²) in [7, 11) is 4.89. The van der Waals surface area contributed by atoms with Gasteiger partial charge in [-0.3, -0.25) is 19.2 Å². The lowest BCUT2D eigenvalue weighted by Gasteiger charge is -2.42. The van der Waals surface area contributed by atoms with Crippen LogP contribution in [0.1, 0.15) is 138 Å². The lowest BCUT2D eigenvalue weighted by Crippen LogP contribution is -2.61. The molecule has 4 aliphatic rings. The third kappa shape index (κ3) is 14.9. The van der Waals surface area contributed by atoms with E-state index in [0.29, 0.717) is 76.0 Å². The largest absolute Gasteiger partial charge is 0.460 e. The molecule has 0 spiro atoms. The molecule has 0 aromatic heterocycles. The van der Waals surface area contributed by atoms with Crippen molar-refractivity contribution >= 4 is 29.2 Å². The molecule has 0 unspecified atom stereocenters. The molecule has 0 radical (unpaired) electrons. The summed E-state index contributed by atoms with van der Waals surface area (Å²) in [5, 5.41) is 11.9. The first kappa shape index (κ1) is 52.3. The minimum absolute atomic E-state index is 0.0126. The van der Waals surface area contributed by atoms with Crippen LogP contribution in [0.5, 0.6) is 0 Å². The summed E-state index contributed by atoms with van der Waals surface area (Å²) in [6, 6.07) is -1.08. The molecule has 1 amide bonds. The zero-order valence-electron chi connectivity index (χ0n) is 40.0. The van der Waals surface area contributed by atoms with Gasteiger partial charge >= 0.3 is 5.97 Å². The first-order chi connectivity index (χ1) is 29.9. The second kappa shape index (κ2) is 24.8. The first-order valence-corrected chi connectivity index (χ1v) is 23.7. The van der Waals surface area contributed by atoms with Crippen LogP contribution in [0.2, 0.25) is 0 Å². The number of aliphatic hydroxyl groups is 1. The van der Waals surface area contributed by atoms with Gasteiger partial charge in [-0.1, -0.05) is 76.6 Å². The number of esters is 1. The summed E-state index contributed by atoms with van der Waals surface area (Å²) in [5.41, 5.74) is 1.99. The predicted molar refractivity (Wildman–Crippen MR) is 242 cm³/mol. The summed E-state index contributed by atoms with van der Waals surface area (Å²) in [5.74, 6) is -5.69. The first-order valence-electron chi connectivity index (χ1n) is 23.7. The fourth-order valence-corrected chi connectivity index (χ4v) is 10.2. The van der Waals surface area contributed by atoms with Crippen molar-refractivity contribution in [2.24, 2.45) is 35.5 Å². The number of piperidine rings is 1. The topological polar surface area (TPSA) is 155 Å². The van der Waals surface area contributed by atoms with Crippen LogP contribution in [-0.4, -0.2) is 109 Å². The molecule has 0 aromatic rings. The average molecular weight is 882 g/mol. The zero-order valence-corrected chi connectivity index (χ0v) is 40.0. The standard InChI is InChI=1S/C51H79NO11/c1-32-16-12-11-13-17-35(4)45(60-9)30-40-21-19-38(7)51(58,63-40)48(55)49(56)52-23-15-14-18-42(52)50(57)62-46(37(6)28-39-20-22-43(53)47(29-39)61-10)31-44(54)36(5)25-34(3)27-41(59-8)26-33(2)24-32/h11-13,16-17,25,32-33,36-42,45-47,58H,14-15,18-24,26-31H2,1-10H3/b13-11+,16-12-,34-25+,35-17+/t32-,33-,36-,37-,38-,39+,40+,41+,42+,45+,46+,47-,51-/m1/s1. The highest BCUT2D eigenvalue weighted by Gasteiger charge is 2.53. The van der Waals surface area contributed by atoms with Gasteiger partial charge in [-0.2, -0.15) is 0 Å². The molecule has 12 heteroatoms. The van der Waals surface area contributed by atoms with E-state index in [0.717, 1.165) is 24.0 Å². The molecule has 2 saturated heterocycles. The van der Waals surface area contributed by atoms with E-state index < -0.39 is 59.6 Å². The minimum atomic E-state index is -2.39. The molecule has 13 atom stereocenters. The Morgan fingerprint density at radius 1 is 0.825 bits per heavy atom. The number of hydrogen-bond donors (Lipinski definition) is 1. The molecular formula is C51H79NO11. The smallest absolute Gasteiger partial charge is 0.329 e. The number of ether oxygens (including phenoxy) is 5. The third-order valence-corrected chi connectivity index (χ3v) is 14.1. The third-order valence-electron chi connectivity index (χ3n) is 14.1. The summed E-state index contributed by atoms with van der Waals surface area (Å²) < 4.78 is 29.7. The van der Waals surface area contributed by atoms with Crippen molar-refractivity contribution in [1.82, 2.24) is 4.90 Å². The van der Waals surface area contributed by atoms with Gasteiger partial charge < -0.3 is 33.7 Å². The van der Waals surface area contributed by atoms with Crippen molar-refractivity contribution in [3.63, 3.8) is 0 Å². The van der Waals surface area contributed by atoms with Crippen LogP contribution in [0, 0.1) is 35.5 Å². The maximum absolute atomic E-state index is 14.3. The normalized spacial score (nSPS) is 38.9. The fourth-order valence-electron chi connectivity index (χ4n) is 10.2. The lowest BCUT2D eigenvalue weighted by atomic mass is 9.79. The van der Waals surface area contributed by atoms with E-state index in [9.17, 15) is 29.1 Å². The number of nitrogens with zero attached hydrogens (tertiary/aromatic N) is 1. The van der Waals surface area contributed by atoms with Crippen LogP contribution in [-0.2, 0) is 47.7 Å². The van der Waals surface area contributed by atoms with Gasteiger partial charge in [0.2, 0.25) is 5.79 Å². The van der Waals surface area contributed by atoms with Gasteiger partial charge in [0.1, 0.15) is 24.0 Å². The summed E-state index contributed by atoms with van der Waals surface area (Å²) in [6.07, 6.45) is 17.5. The lowest BCUT2D eigenvalue weighted by molar-refractivity contribution is -0.265.